The van der Waals surface area contributed by atoms with Crippen LogP contribution in [0.15, 0.2) is 4.34 Å². The molecule has 0 atom stereocenters. The second kappa shape index (κ2) is 9.63. The average molecular weight is 473 g/mol. The Hall–Kier alpha value is -2.38. The number of anilines is 2. The minimum absolute atomic E-state index is 0.0313. The lowest BCUT2D eigenvalue weighted by molar-refractivity contribution is -0.116. The summed E-state index contributed by atoms with van der Waals surface area (Å²) >= 11 is 2.63. The number of nitrogens with one attached hydrogen (secondary N) is 1. The Morgan fingerprint density at radius 2 is 1.94 bits per heavy atom. The average Bonchev–Trinajstić information content (AvgIpc) is 3.44. The van der Waals surface area contributed by atoms with Crippen molar-refractivity contribution in [3.63, 3.8) is 0 Å². The standard InChI is InChI=1S/C22H28N6O2S2/c1-13-14(2)27(16-7-5-4-6-8-16)20(18(13)11-23)24-19(30)12-31-22-26-25-21(32-22)28(15(3)29)17-9-10-17/h16-17H,4-10,12H2,1-3H3,(H,24,30). The fraction of sp³-hybridized carbons (Fsp3) is 0.591. The number of amides is 2. The van der Waals surface area contributed by atoms with Crippen molar-refractivity contribution in [2.75, 3.05) is 16.0 Å². The molecule has 4 rings (SSSR count). The van der Waals surface area contributed by atoms with E-state index in [1.165, 1.54) is 49.3 Å². The van der Waals surface area contributed by atoms with Gasteiger partial charge in [-0.2, -0.15) is 5.26 Å². The topological polar surface area (TPSA) is 104 Å². The van der Waals surface area contributed by atoms with Gasteiger partial charge in [0.05, 0.1) is 11.3 Å². The molecular weight excluding hydrogens is 444 g/mol. The van der Waals surface area contributed by atoms with Gasteiger partial charge in [0.2, 0.25) is 16.9 Å². The van der Waals surface area contributed by atoms with Crippen LogP contribution < -0.4 is 10.2 Å². The molecule has 0 saturated heterocycles. The van der Waals surface area contributed by atoms with Crippen LogP contribution >= 0.6 is 23.1 Å². The molecule has 2 amide bonds. The summed E-state index contributed by atoms with van der Waals surface area (Å²) in [4.78, 5) is 26.4. The molecular formula is C22H28N6O2S2. The molecule has 0 aliphatic heterocycles. The van der Waals surface area contributed by atoms with Crippen LogP contribution in [0.2, 0.25) is 0 Å². The van der Waals surface area contributed by atoms with E-state index in [2.05, 4.69) is 26.2 Å². The lowest BCUT2D eigenvalue weighted by Crippen LogP contribution is -2.30. The molecule has 0 spiro atoms. The van der Waals surface area contributed by atoms with E-state index in [1.54, 1.807) is 4.90 Å². The summed E-state index contributed by atoms with van der Waals surface area (Å²) in [5.41, 5.74) is 2.53. The summed E-state index contributed by atoms with van der Waals surface area (Å²) in [6.45, 7) is 5.51. The van der Waals surface area contributed by atoms with Crippen LogP contribution in [-0.2, 0) is 9.59 Å². The fourth-order valence-electron chi connectivity index (χ4n) is 4.42. The lowest BCUT2D eigenvalue weighted by Gasteiger charge is -2.27. The van der Waals surface area contributed by atoms with Gasteiger partial charge in [-0.25, -0.2) is 0 Å². The second-order valence-electron chi connectivity index (χ2n) is 8.52. The lowest BCUT2D eigenvalue weighted by atomic mass is 9.95. The van der Waals surface area contributed by atoms with Gasteiger partial charge in [0.15, 0.2) is 4.34 Å². The fourth-order valence-corrected chi connectivity index (χ4v) is 6.17. The Labute approximate surface area is 196 Å². The van der Waals surface area contributed by atoms with Gasteiger partial charge >= 0.3 is 0 Å². The molecule has 2 fully saturated rings. The Morgan fingerprint density at radius 1 is 1.22 bits per heavy atom. The molecule has 10 heteroatoms. The third-order valence-corrected chi connectivity index (χ3v) is 8.30. The Bertz CT molecular complexity index is 1060. The Balaban J connectivity index is 1.45. The van der Waals surface area contributed by atoms with Crippen molar-refractivity contribution in [2.45, 2.75) is 82.1 Å². The molecule has 2 saturated carbocycles. The monoisotopic (exact) mass is 472 g/mol. The molecule has 0 aromatic carbocycles. The van der Waals surface area contributed by atoms with E-state index in [0.29, 0.717) is 26.9 Å². The van der Waals surface area contributed by atoms with Crippen LogP contribution in [-0.4, -0.2) is 38.4 Å². The zero-order valence-electron chi connectivity index (χ0n) is 18.7. The molecule has 1 N–H and O–H groups in total. The number of thioether (sulfide) groups is 1. The zero-order valence-corrected chi connectivity index (χ0v) is 20.3. The number of hydrogen-bond acceptors (Lipinski definition) is 7. The zero-order chi connectivity index (χ0) is 22.8. The number of nitriles is 1. The Morgan fingerprint density at radius 3 is 2.56 bits per heavy atom. The van der Waals surface area contributed by atoms with E-state index in [0.717, 1.165) is 36.9 Å². The summed E-state index contributed by atoms with van der Waals surface area (Å²) in [5, 5.41) is 21.6. The molecule has 2 aromatic heterocycles. The summed E-state index contributed by atoms with van der Waals surface area (Å²) in [6.07, 6.45) is 7.70. The van der Waals surface area contributed by atoms with Crippen molar-refractivity contribution in [3.05, 3.63) is 16.8 Å². The Kier molecular flexibility index (Phi) is 6.86. The van der Waals surface area contributed by atoms with Gasteiger partial charge in [0.1, 0.15) is 11.9 Å². The highest BCUT2D eigenvalue weighted by atomic mass is 32.2. The SMILES string of the molecule is CC(=O)N(c1nnc(SCC(=O)Nc2c(C#N)c(C)c(C)n2C2CCCCC2)s1)C1CC1. The maximum absolute atomic E-state index is 12.8. The van der Waals surface area contributed by atoms with Crippen LogP contribution in [0.4, 0.5) is 10.9 Å². The predicted molar refractivity (Wildman–Crippen MR) is 126 cm³/mol. The van der Waals surface area contributed by atoms with E-state index >= 15 is 0 Å². The number of carbonyl (C=O) groups is 2. The minimum atomic E-state index is -0.177. The molecule has 8 nitrogen and oxygen atoms in total. The number of carbonyl (C=O) groups excluding carboxylic acids is 2. The summed E-state index contributed by atoms with van der Waals surface area (Å²) < 4.78 is 2.82. The van der Waals surface area contributed by atoms with Gasteiger partial charge in [-0.1, -0.05) is 42.4 Å². The largest absolute Gasteiger partial charge is 0.327 e. The van der Waals surface area contributed by atoms with Gasteiger partial charge in [-0.3, -0.25) is 14.5 Å². The van der Waals surface area contributed by atoms with Crippen LogP contribution in [0.25, 0.3) is 0 Å². The first kappa shape index (κ1) is 22.8. The van der Waals surface area contributed by atoms with Crippen molar-refractivity contribution in [1.29, 1.82) is 5.26 Å². The molecule has 0 bridgehead atoms. The predicted octanol–water partition coefficient (Wildman–Crippen LogP) is 4.58. The molecule has 0 unspecified atom stereocenters. The maximum Gasteiger partial charge on any atom is 0.235 e. The van der Waals surface area contributed by atoms with Crippen molar-refractivity contribution >= 4 is 45.9 Å². The molecule has 170 valence electrons. The maximum atomic E-state index is 12.8. The number of aromatic nitrogens is 3. The van der Waals surface area contributed by atoms with E-state index in [1.807, 2.05) is 13.8 Å². The first-order valence-corrected chi connectivity index (χ1v) is 12.9. The quantitative estimate of drug-likeness (QED) is 0.467. The van der Waals surface area contributed by atoms with Crippen molar-refractivity contribution in [2.24, 2.45) is 0 Å². The number of nitrogens with zero attached hydrogens (tertiary/aromatic N) is 5. The van der Waals surface area contributed by atoms with Gasteiger partial charge in [-0.05, 0) is 45.1 Å². The smallest absolute Gasteiger partial charge is 0.235 e. The van der Waals surface area contributed by atoms with Crippen molar-refractivity contribution in [1.82, 2.24) is 14.8 Å². The molecule has 2 aliphatic carbocycles. The molecule has 0 radical (unpaired) electrons. The van der Waals surface area contributed by atoms with Crippen LogP contribution in [0.3, 0.4) is 0 Å². The van der Waals surface area contributed by atoms with Gasteiger partial charge < -0.3 is 9.88 Å². The van der Waals surface area contributed by atoms with Crippen LogP contribution in [0.1, 0.15) is 74.7 Å². The summed E-state index contributed by atoms with van der Waals surface area (Å²) in [5.74, 6) is 0.575. The molecule has 2 aliphatic rings. The van der Waals surface area contributed by atoms with E-state index in [4.69, 9.17) is 0 Å². The van der Waals surface area contributed by atoms with Crippen molar-refractivity contribution in [3.8, 4) is 6.07 Å². The summed E-state index contributed by atoms with van der Waals surface area (Å²) in [7, 11) is 0. The highest BCUT2D eigenvalue weighted by molar-refractivity contribution is 8.01. The van der Waals surface area contributed by atoms with E-state index in [-0.39, 0.29) is 23.6 Å². The third-order valence-electron chi connectivity index (χ3n) is 6.25. The molecule has 2 heterocycles. The van der Waals surface area contributed by atoms with Crippen molar-refractivity contribution < 1.29 is 9.59 Å². The van der Waals surface area contributed by atoms with Gasteiger partial charge in [0.25, 0.3) is 0 Å². The first-order chi connectivity index (χ1) is 15.4. The van der Waals surface area contributed by atoms with E-state index in [9.17, 15) is 14.9 Å². The van der Waals surface area contributed by atoms with Gasteiger partial charge in [0, 0.05) is 24.7 Å². The first-order valence-electron chi connectivity index (χ1n) is 11.1. The minimum Gasteiger partial charge on any atom is -0.327 e. The number of rotatable bonds is 7. The van der Waals surface area contributed by atoms with Crippen LogP contribution in [0, 0.1) is 25.2 Å². The summed E-state index contributed by atoms with van der Waals surface area (Å²) in [6, 6.07) is 2.83. The molecule has 32 heavy (non-hydrogen) atoms. The number of hydrogen-bond donors (Lipinski definition) is 1. The molecule has 2 aromatic rings. The van der Waals surface area contributed by atoms with Gasteiger partial charge in [-0.15, -0.1) is 10.2 Å². The normalized spacial score (nSPS) is 16.6. The third kappa shape index (κ3) is 4.69. The van der Waals surface area contributed by atoms with E-state index < -0.39 is 0 Å². The highest BCUT2D eigenvalue weighted by Crippen LogP contribution is 2.38. The van der Waals surface area contributed by atoms with Crippen LogP contribution in [0.5, 0.6) is 0 Å². The second-order valence-corrected chi connectivity index (χ2v) is 10.7. The highest BCUT2D eigenvalue weighted by Gasteiger charge is 2.34.